The number of aromatic nitrogens is 1. The summed E-state index contributed by atoms with van der Waals surface area (Å²) in [5.41, 5.74) is 1.87. The molecule has 1 amide bonds. The van der Waals surface area contributed by atoms with Crippen LogP contribution in [0.5, 0.6) is 0 Å². The Labute approximate surface area is 122 Å². The summed E-state index contributed by atoms with van der Waals surface area (Å²) in [6.07, 6.45) is 1.44. The molecule has 1 heterocycles. The fraction of sp³-hybridized carbons (Fsp3) is 0.200. The molecule has 0 saturated heterocycles. The van der Waals surface area contributed by atoms with Crippen molar-refractivity contribution in [2.45, 2.75) is 13.0 Å². The van der Waals surface area contributed by atoms with Gasteiger partial charge in [-0.1, -0.05) is 41.9 Å². The number of amides is 1. The van der Waals surface area contributed by atoms with Gasteiger partial charge in [-0.2, -0.15) is 0 Å². The molecule has 4 nitrogen and oxygen atoms in total. The van der Waals surface area contributed by atoms with Gasteiger partial charge in [0.15, 0.2) is 0 Å². The lowest BCUT2D eigenvalue weighted by molar-refractivity contribution is 0.0916. The van der Waals surface area contributed by atoms with Gasteiger partial charge in [0.05, 0.1) is 23.2 Å². The molecule has 2 N–H and O–H groups in total. The predicted octanol–water partition coefficient (Wildman–Crippen LogP) is 2.51. The van der Waals surface area contributed by atoms with Crippen molar-refractivity contribution < 1.29 is 9.90 Å². The quantitative estimate of drug-likeness (QED) is 0.909. The first kappa shape index (κ1) is 14.5. The van der Waals surface area contributed by atoms with Gasteiger partial charge in [0.25, 0.3) is 5.91 Å². The molecule has 2 aromatic rings. The van der Waals surface area contributed by atoms with E-state index in [9.17, 15) is 9.90 Å². The lowest BCUT2D eigenvalue weighted by Crippen LogP contribution is -2.31. The molecule has 0 fully saturated rings. The minimum Gasteiger partial charge on any atom is -0.394 e. The summed E-state index contributed by atoms with van der Waals surface area (Å²) in [5.74, 6) is -0.356. The van der Waals surface area contributed by atoms with E-state index in [4.69, 9.17) is 11.6 Å². The van der Waals surface area contributed by atoms with E-state index < -0.39 is 6.04 Å². The van der Waals surface area contributed by atoms with Crippen molar-refractivity contribution in [2.75, 3.05) is 6.61 Å². The third kappa shape index (κ3) is 3.35. The topological polar surface area (TPSA) is 62.2 Å². The minimum atomic E-state index is -0.471. The van der Waals surface area contributed by atoms with Crippen LogP contribution in [-0.4, -0.2) is 22.6 Å². The molecule has 5 heteroatoms. The number of carbonyl (C=O) groups excluding carboxylic acids is 1. The van der Waals surface area contributed by atoms with Gasteiger partial charge >= 0.3 is 0 Å². The van der Waals surface area contributed by atoms with Gasteiger partial charge in [0.2, 0.25) is 0 Å². The van der Waals surface area contributed by atoms with E-state index in [0.717, 1.165) is 11.3 Å². The number of pyridine rings is 1. The molecular formula is C15H15ClN2O2. The number of nitrogens with zero attached hydrogens (tertiary/aromatic N) is 1. The largest absolute Gasteiger partial charge is 0.394 e. The zero-order valence-electron chi connectivity index (χ0n) is 11.0. The molecular weight excluding hydrogens is 276 g/mol. The number of nitrogens with one attached hydrogen (secondary N) is 1. The van der Waals surface area contributed by atoms with Crippen LogP contribution in [0.3, 0.4) is 0 Å². The fourth-order valence-electron chi connectivity index (χ4n) is 1.85. The average Bonchev–Trinajstić information content (AvgIpc) is 2.45. The number of carbonyl (C=O) groups is 1. The lowest BCUT2D eigenvalue weighted by atomic mass is 10.1. The molecule has 0 bridgehead atoms. The van der Waals surface area contributed by atoms with Crippen molar-refractivity contribution in [3.8, 4) is 0 Å². The molecule has 1 aromatic heterocycles. The fourth-order valence-corrected chi connectivity index (χ4v) is 2.14. The molecule has 104 valence electrons. The summed E-state index contributed by atoms with van der Waals surface area (Å²) in [6.45, 7) is 1.61. The Bertz CT molecular complexity index is 602. The Morgan fingerprint density at radius 1 is 1.40 bits per heavy atom. The SMILES string of the molecule is Cc1cc(Cl)c(C(=O)NC(CO)c2ccccc2)cn1. The van der Waals surface area contributed by atoms with Crippen LogP contribution in [-0.2, 0) is 0 Å². The van der Waals surface area contributed by atoms with Gasteiger partial charge in [-0.25, -0.2) is 0 Å². The van der Waals surface area contributed by atoms with E-state index >= 15 is 0 Å². The third-order valence-corrected chi connectivity index (χ3v) is 3.24. The maximum atomic E-state index is 12.2. The molecule has 0 spiro atoms. The zero-order chi connectivity index (χ0) is 14.5. The van der Waals surface area contributed by atoms with Crippen LogP contribution < -0.4 is 5.32 Å². The number of benzene rings is 1. The number of aryl methyl sites for hydroxylation is 1. The van der Waals surface area contributed by atoms with Gasteiger partial charge in [0.1, 0.15) is 0 Å². The smallest absolute Gasteiger partial charge is 0.254 e. The monoisotopic (exact) mass is 290 g/mol. The average molecular weight is 291 g/mol. The number of halogens is 1. The number of aliphatic hydroxyl groups excluding tert-OH is 1. The van der Waals surface area contributed by atoms with E-state index in [1.807, 2.05) is 30.3 Å². The first-order chi connectivity index (χ1) is 9.61. The van der Waals surface area contributed by atoms with Gasteiger partial charge in [-0.15, -0.1) is 0 Å². The molecule has 20 heavy (non-hydrogen) atoms. The summed E-state index contributed by atoms with van der Waals surface area (Å²) in [5, 5.41) is 12.5. The van der Waals surface area contributed by atoms with Gasteiger partial charge in [0, 0.05) is 11.9 Å². The van der Waals surface area contributed by atoms with Crippen LogP contribution in [0.1, 0.15) is 27.7 Å². The van der Waals surface area contributed by atoms with Gasteiger partial charge in [-0.3, -0.25) is 9.78 Å². The molecule has 1 unspecified atom stereocenters. The highest BCUT2D eigenvalue weighted by Crippen LogP contribution is 2.18. The number of hydrogen-bond acceptors (Lipinski definition) is 3. The van der Waals surface area contributed by atoms with Crippen LogP contribution in [0.4, 0.5) is 0 Å². The number of rotatable bonds is 4. The third-order valence-electron chi connectivity index (χ3n) is 2.92. The summed E-state index contributed by atoms with van der Waals surface area (Å²) in [6, 6.07) is 10.4. The van der Waals surface area contributed by atoms with Crippen LogP contribution in [0.2, 0.25) is 5.02 Å². The van der Waals surface area contributed by atoms with E-state index in [-0.39, 0.29) is 12.5 Å². The first-order valence-corrected chi connectivity index (χ1v) is 6.58. The minimum absolute atomic E-state index is 0.188. The molecule has 0 saturated carbocycles. The number of hydrogen-bond donors (Lipinski definition) is 2. The van der Waals surface area contributed by atoms with E-state index in [0.29, 0.717) is 10.6 Å². The lowest BCUT2D eigenvalue weighted by Gasteiger charge is -2.17. The molecule has 0 aliphatic carbocycles. The summed E-state index contributed by atoms with van der Waals surface area (Å²) >= 11 is 6.03. The van der Waals surface area contributed by atoms with Crippen molar-refractivity contribution in [1.29, 1.82) is 0 Å². The highest BCUT2D eigenvalue weighted by Gasteiger charge is 2.17. The first-order valence-electron chi connectivity index (χ1n) is 6.20. The second-order valence-corrected chi connectivity index (χ2v) is 4.83. The van der Waals surface area contributed by atoms with Crippen LogP contribution >= 0.6 is 11.6 Å². The summed E-state index contributed by atoms with van der Waals surface area (Å²) in [4.78, 5) is 16.2. The maximum absolute atomic E-state index is 12.2. The zero-order valence-corrected chi connectivity index (χ0v) is 11.8. The van der Waals surface area contributed by atoms with Crippen LogP contribution in [0, 0.1) is 6.92 Å². The van der Waals surface area contributed by atoms with Gasteiger partial charge in [-0.05, 0) is 18.6 Å². The Morgan fingerprint density at radius 3 is 2.70 bits per heavy atom. The van der Waals surface area contributed by atoms with Crippen LogP contribution in [0.15, 0.2) is 42.6 Å². The van der Waals surface area contributed by atoms with E-state index in [1.165, 1.54) is 6.20 Å². The van der Waals surface area contributed by atoms with Crippen molar-refractivity contribution in [2.24, 2.45) is 0 Å². The number of aliphatic hydroxyl groups is 1. The second kappa shape index (κ2) is 6.50. The summed E-state index contributed by atoms with van der Waals surface area (Å²) in [7, 11) is 0. The molecule has 0 aliphatic heterocycles. The Morgan fingerprint density at radius 2 is 2.10 bits per heavy atom. The molecule has 1 aromatic carbocycles. The molecule has 0 aliphatic rings. The van der Waals surface area contributed by atoms with Crippen molar-refractivity contribution in [1.82, 2.24) is 10.3 Å². The standard InChI is InChI=1S/C15H15ClN2O2/c1-10-7-13(16)12(8-17-10)15(20)18-14(9-19)11-5-3-2-4-6-11/h2-8,14,19H,9H2,1H3,(H,18,20). The highest BCUT2D eigenvalue weighted by molar-refractivity contribution is 6.33. The highest BCUT2D eigenvalue weighted by atomic mass is 35.5. The molecule has 1 atom stereocenters. The summed E-state index contributed by atoms with van der Waals surface area (Å²) < 4.78 is 0. The van der Waals surface area contributed by atoms with Gasteiger partial charge < -0.3 is 10.4 Å². The van der Waals surface area contributed by atoms with E-state index in [1.54, 1.807) is 13.0 Å². The van der Waals surface area contributed by atoms with Crippen molar-refractivity contribution in [3.63, 3.8) is 0 Å². The van der Waals surface area contributed by atoms with Crippen molar-refractivity contribution >= 4 is 17.5 Å². The Hall–Kier alpha value is -1.91. The molecule has 0 radical (unpaired) electrons. The predicted molar refractivity (Wildman–Crippen MR) is 77.7 cm³/mol. The van der Waals surface area contributed by atoms with E-state index in [2.05, 4.69) is 10.3 Å². The van der Waals surface area contributed by atoms with Crippen molar-refractivity contribution in [3.05, 3.63) is 64.4 Å². The Balaban J connectivity index is 2.17. The normalized spacial score (nSPS) is 11.9. The van der Waals surface area contributed by atoms with Crippen LogP contribution in [0.25, 0.3) is 0 Å². The maximum Gasteiger partial charge on any atom is 0.254 e. The Kier molecular flexibility index (Phi) is 4.71. The molecule has 2 rings (SSSR count). The second-order valence-electron chi connectivity index (χ2n) is 4.42.